The molecule has 1 N–H and O–H groups in total. The van der Waals surface area contributed by atoms with Crippen molar-refractivity contribution in [3.63, 3.8) is 0 Å². The molecule has 0 bridgehead atoms. The third-order valence-corrected chi connectivity index (χ3v) is 8.12. The molecule has 36 heavy (non-hydrogen) atoms. The molecule has 2 aromatic rings. The number of aryl methyl sites for hydroxylation is 1. The first-order valence-electron chi connectivity index (χ1n) is 13.1. The van der Waals surface area contributed by atoms with Crippen molar-refractivity contribution in [2.24, 2.45) is 0 Å². The molecule has 0 radical (unpaired) electrons. The number of fused-ring (bicyclic) bond motifs is 2. The fraction of sp³-hybridized carbons (Fsp3) is 0.500. The van der Waals surface area contributed by atoms with Gasteiger partial charge in [0.15, 0.2) is 0 Å². The van der Waals surface area contributed by atoms with Crippen LogP contribution in [0.15, 0.2) is 37.1 Å². The smallest absolute Gasteiger partial charge is 0.246 e. The van der Waals surface area contributed by atoms with Crippen LogP contribution in [0, 0.1) is 6.92 Å². The summed E-state index contributed by atoms with van der Waals surface area (Å²) in [5.74, 6) is 2.30. The van der Waals surface area contributed by atoms with Crippen molar-refractivity contribution >= 4 is 23.1 Å². The molecule has 1 amide bonds. The van der Waals surface area contributed by atoms with E-state index in [9.17, 15) is 4.79 Å². The van der Waals surface area contributed by atoms with Gasteiger partial charge in [-0.2, -0.15) is 0 Å². The molecule has 0 spiro atoms. The monoisotopic (exact) mass is 489 g/mol. The van der Waals surface area contributed by atoms with Crippen LogP contribution in [0.4, 0.5) is 17.2 Å². The molecule has 4 aliphatic heterocycles. The van der Waals surface area contributed by atoms with Crippen molar-refractivity contribution in [3.05, 3.63) is 53.7 Å². The summed E-state index contributed by atoms with van der Waals surface area (Å²) in [4.78, 5) is 23.5. The minimum Gasteiger partial charge on any atom is -0.483 e. The number of benzene rings is 1. The van der Waals surface area contributed by atoms with Gasteiger partial charge in [0.05, 0.1) is 24.5 Å². The Bertz CT molecular complexity index is 1170. The van der Waals surface area contributed by atoms with E-state index >= 15 is 0 Å². The predicted octanol–water partition coefficient (Wildman–Crippen LogP) is 3.61. The lowest BCUT2D eigenvalue weighted by molar-refractivity contribution is -0.125. The minimum absolute atomic E-state index is 0.0434. The van der Waals surface area contributed by atoms with Crippen molar-refractivity contribution in [1.29, 1.82) is 0 Å². The first-order valence-corrected chi connectivity index (χ1v) is 13.1. The zero-order valence-electron chi connectivity index (χ0n) is 21.2. The first kappa shape index (κ1) is 23.3. The topological polar surface area (TPSA) is 70.2 Å². The first-order chi connectivity index (χ1) is 17.5. The normalized spacial score (nSPS) is 24.2. The summed E-state index contributed by atoms with van der Waals surface area (Å²) in [5.41, 5.74) is 5.74. The number of anilines is 3. The number of hydrogen-bond acceptors (Lipinski definition) is 7. The Hall–Kier alpha value is -3.10. The molecule has 4 aliphatic rings. The van der Waals surface area contributed by atoms with Gasteiger partial charge in [0.2, 0.25) is 5.91 Å². The maximum Gasteiger partial charge on any atom is 0.246 e. The molecule has 1 aromatic heterocycles. The lowest BCUT2D eigenvalue weighted by Crippen LogP contribution is -2.51. The quantitative estimate of drug-likeness (QED) is 0.658. The molecule has 2 atom stereocenters. The summed E-state index contributed by atoms with van der Waals surface area (Å²) >= 11 is 0. The molecule has 190 valence electrons. The van der Waals surface area contributed by atoms with E-state index in [0.29, 0.717) is 12.0 Å². The van der Waals surface area contributed by atoms with E-state index in [2.05, 4.69) is 53.7 Å². The number of carbonyl (C=O) groups excluding carboxylic acids is 1. The van der Waals surface area contributed by atoms with Gasteiger partial charge in [-0.15, -0.1) is 0 Å². The third kappa shape index (κ3) is 4.12. The molecule has 5 heterocycles. The number of amides is 1. The average Bonchev–Trinajstić information content (AvgIpc) is 3.29. The van der Waals surface area contributed by atoms with Crippen molar-refractivity contribution in [2.45, 2.75) is 38.3 Å². The SMILES string of the molecule is C=CC(=O)N1CCC(N2CC(c3cc(C)c4c(c3)Nc3nccc(N5CCOCC5)c3[C@@H](C)O4)C2)C1. The van der Waals surface area contributed by atoms with E-state index in [1.54, 1.807) is 0 Å². The summed E-state index contributed by atoms with van der Waals surface area (Å²) in [6.07, 6.45) is 4.23. The van der Waals surface area contributed by atoms with Gasteiger partial charge in [-0.3, -0.25) is 9.69 Å². The van der Waals surface area contributed by atoms with Crippen molar-refractivity contribution in [1.82, 2.24) is 14.8 Å². The Morgan fingerprint density at radius 1 is 1.19 bits per heavy atom. The summed E-state index contributed by atoms with van der Waals surface area (Å²) in [6.45, 7) is 14.8. The molecular weight excluding hydrogens is 454 g/mol. The molecule has 3 saturated heterocycles. The number of hydrogen-bond donors (Lipinski definition) is 1. The maximum atomic E-state index is 12.0. The third-order valence-electron chi connectivity index (χ3n) is 8.12. The number of nitrogens with one attached hydrogen (secondary N) is 1. The molecule has 8 heteroatoms. The van der Waals surface area contributed by atoms with Crippen LogP contribution in [-0.2, 0) is 9.53 Å². The second kappa shape index (κ2) is 9.41. The van der Waals surface area contributed by atoms with E-state index in [4.69, 9.17) is 14.5 Å². The van der Waals surface area contributed by atoms with E-state index < -0.39 is 0 Å². The number of carbonyl (C=O) groups is 1. The summed E-state index contributed by atoms with van der Waals surface area (Å²) < 4.78 is 12.1. The second-order valence-electron chi connectivity index (χ2n) is 10.4. The van der Waals surface area contributed by atoms with Crippen LogP contribution in [0.25, 0.3) is 0 Å². The lowest BCUT2D eigenvalue weighted by atomic mass is 9.88. The molecule has 0 saturated carbocycles. The number of ether oxygens (including phenoxy) is 2. The standard InChI is InChI=1S/C28H35N5O3/c1-4-25(34)32-8-6-22(17-32)33-15-21(16-33)20-13-18(2)27-23(14-20)30-28-26(19(3)36-27)24(5-7-29-28)31-9-11-35-12-10-31/h4-5,7,13-14,19,21-22H,1,6,8-12,15-17H2,2-3H3,(H,29,30)/t19-,22?/m1/s1. The number of likely N-dealkylation sites (tertiary alicyclic amines) is 2. The van der Waals surface area contributed by atoms with Gasteiger partial charge in [0, 0.05) is 63.1 Å². The Balaban J connectivity index is 1.21. The number of aromatic nitrogens is 1. The van der Waals surface area contributed by atoms with Crippen LogP contribution in [-0.4, -0.2) is 79.2 Å². The Morgan fingerprint density at radius 3 is 2.78 bits per heavy atom. The van der Waals surface area contributed by atoms with Crippen molar-refractivity contribution in [2.75, 3.05) is 62.7 Å². The second-order valence-corrected chi connectivity index (χ2v) is 10.4. The van der Waals surface area contributed by atoms with E-state index in [1.165, 1.54) is 17.3 Å². The van der Waals surface area contributed by atoms with Crippen molar-refractivity contribution < 1.29 is 14.3 Å². The lowest BCUT2D eigenvalue weighted by Gasteiger charge is -2.43. The van der Waals surface area contributed by atoms with Crippen LogP contribution in [0.3, 0.4) is 0 Å². The van der Waals surface area contributed by atoms with Crippen LogP contribution in [0.5, 0.6) is 5.75 Å². The fourth-order valence-corrected chi connectivity index (χ4v) is 6.08. The maximum absolute atomic E-state index is 12.0. The molecule has 8 nitrogen and oxygen atoms in total. The molecule has 6 rings (SSSR count). The van der Waals surface area contributed by atoms with Crippen LogP contribution >= 0.6 is 0 Å². The highest BCUT2D eigenvalue weighted by molar-refractivity contribution is 5.87. The van der Waals surface area contributed by atoms with Crippen LogP contribution < -0.4 is 15.0 Å². The minimum atomic E-state index is -0.118. The summed E-state index contributed by atoms with van der Waals surface area (Å²) in [7, 11) is 0. The van der Waals surface area contributed by atoms with Gasteiger partial charge in [-0.1, -0.05) is 12.6 Å². The average molecular weight is 490 g/mol. The highest BCUT2D eigenvalue weighted by atomic mass is 16.5. The Kier molecular flexibility index (Phi) is 6.09. The Morgan fingerprint density at radius 2 is 2.00 bits per heavy atom. The zero-order valence-corrected chi connectivity index (χ0v) is 21.2. The predicted molar refractivity (Wildman–Crippen MR) is 140 cm³/mol. The van der Waals surface area contributed by atoms with Gasteiger partial charge < -0.3 is 24.6 Å². The van der Waals surface area contributed by atoms with Gasteiger partial charge >= 0.3 is 0 Å². The summed E-state index contributed by atoms with van der Waals surface area (Å²) in [5, 5.41) is 3.63. The van der Waals surface area contributed by atoms with Crippen LogP contribution in [0.2, 0.25) is 0 Å². The highest BCUT2D eigenvalue weighted by Crippen LogP contribution is 2.45. The number of morpholine rings is 1. The highest BCUT2D eigenvalue weighted by Gasteiger charge is 2.38. The molecule has 1 unspecified atom stereocenters. The van der Waals surface area contributed by atoms with Gasteiger partial charge in [0.25, 0.3) is 0 Å². The number of nitrogens with zero attached hydrogens (tertiary/aromatic N) is 4. The molecular formula is C28H35N5O3. The number of rotatable bonds is 4. The van der Waals surface area contributed by atoms with E-state index in [1.807, 2.05) is 11.1 Å². The fourth-order valence-electron chi connectivity index (χ4n) is 6.08. The van der Waals surface area contributed by atoms with Gasteiger partial charge in [0.1, 0.15) is 17.7 Å². The van der Waals surface area contributed by atoms with E-state index in [-0.39, 0.29) is 12.0 Å². The molecule has 3 fully saturated rings. The van der Waals surface area contributed by atoms with Gasteiger partial charge in [-0.25, -0.2) is 4.98 Å². The largest absolute Gasteiger partial charge is 0.483 e. The van der Waals surface area contributed by atoms with Crippen molar-refractivity contribution in [3.8, 4) is 5.75 Å². The van der Waals surface area contributed by atoms with Crippen LogP contribution in [0.1, 0.15) is 42.1 Å². The summed E-state index contributed by atoms with van der Waals surface area (Å²) in [6, 6.07) is 7.07. The Labute approximate surface area is 212 Å². The zero-order chi connectivity index (χ0) is 24.8. The number of pyridine rings is 1. The van der Waals surface area contributed by atoms with E-state index in [0.717, 1.165) is 87.3 Å². The molecule has 0 aliphatic carbocycles. The molecule has 1 aromatic carbocycles. The van der Waals surface area contributed by atoms with Gasteiger partial charge in [-0.05, 0) is 49.6 Å².